The van der Waals surface area contributed by atoms with E-state index >= 15 is 0 Å². The summed E-state index contributed by atoms with van der Waals surface area (Å²) < 4.78 is 46.2. The van der Waals surface area contributed by atoms with Crippen molar-refractivity contribution in [3.05, 3.63) is 60.7 Å². The largest absolute Gasteiger partial charge is 0.444 e. The van der Waals surface area contributed by atoms with Crippen molar-refractivity contribution < 1.29 is 27.5 Å². The Morgan fingerprint density at radius 3 is 2.05 bits per heavy atom. The number of ether oxygens (including phenoxy) is 1. The minimum absolute atomic E-state index is 0.0161. The van der Waals surface area contributed by atoms with Gasteiger partial charge >= 0.3 is 12.3 Å². The van der Waals surface area contributed by atoms with Gasteiger partial charge in [-0.15, -0.1) is 0 Å². The van der Waals surface area contributed by atoms with Crippen LogP contribution >= 0.6 is 0 Å². The molecule has 2 amide bonds. The molecule has 8 nitrogen and oxygen atoms in total. The first kappa shape index (κ1) is 26.2. The first-order valence-electron chi connectivity index (χ1n) is 11.8. The molecule has 1 aromatic carbocycles. The lowest BCUT2D eigenvalue weighted by Gasteiger charge is -2.35. The normalized spacial score (nSPS) is 14.5. The molecule has 0 bridgehead atoms. The first-order chi connectivity index (χ1) is 17.4. The fourth-order valence-corrected chi connectivity index (χ4v) is 4.05. The molecular formula is C26H28F3N5O3. The third kappa shape index (κ3) is 6.28. The van der Waals surface area contributed by atoms with Crippen molar-refractivity contribution in [2.75, 3.05) is 26.2 Å². The van der Waals surface area contributed by atoms with Crippen LogP contribution in [-0.4, -0.2) is 68.1 Å². The number of hydrogen-bond acceptors (Lipinski definition) is 5. The van der Waals surface area contributed by atoms with Crippen molar-refractivity contribution in [2.24, 2.45) is 0 Å². The fourth-order valence-electron chi connectivity index (χ4n) is 4.05. The predicted molar refractivity (Wildman–Crippen MR) is 130 cm³/mol. The third-order valence-corrected chi connectivity index (χ3v) is 5.87. The average Bonchev–Trinajstić information content (AvgIpc) is 3.26. The Bertz CT molecular complexity index is 1240. The van der Waals surface area contributed by atoms with Crippen LogP contribution in [0.15, 0.2) is 55.1 Å². The number of piperazine rings is 1. The van der Waals surface area contributed by atoms with Gasteiger partial charge in [-0.2, -0.15) is 13.2 Å². The molecule has 0 aliphatic carbocycles. The van der Waals surface area contributed by atoms with Crippen molar-refractivity contribution in [3.8, 4) is 22.5 Å². The number of rotatable bonds is 4. The number of carbonyl (C=O) groups excluding carboxylic acids is 2. The Hall–Kier alpha value is -3.89. The van der Waals surface area contributed by atoms with Gasteiger partial charge in [0.1, 0.15) is 12.1 Å². The zero-order chi connectivity index (χ0) is 26.8. The second-order valence-corrected chi connectivity index (χ2v) is 9.73. The van der Waals surface area contributed by atoms with Gasteiger partial charge in [-0.1, -0.05) is 12.1 Å². The van der Waals surface area contributed by atoms with Crippen LogP contribution in [-0.2, 0) is 22.3 Å². The molecule has 1 aliphatic rings. The highest BCUT2D eigenvalue weighted by molar-refractivity contribution is 5.82. The van der Waals surface area contributed by atoms with Crippen molar-refractivity contribution in [3.63, 3.8) is 0 Å². The van der Waals surface area contributed by atoms with Crippen LogP contribution < -0.4 is 0 Å². The van der Waals surface area contributed by atoms with Crippen molar-refractivity contribution in [2.45, 2.75) is 39.1 Å². The topological polar surface area (TPSA) is 80.6 Å². The van der Waals surface area contributed by atoms with Crippen molar-refractivity contribution >= 4 is 12.0 Å². The molecule has 1 aliphatic heterocycles. The van der Waals surface area contributed by atoms with E-state index in [1.807, 2.05) is 0 Å². The summed E-state index contributed by atoms with van der Waals surface area (Å²) in [4.78, 5) is 37.2. The minimum atomic E-state index is -4.44. The maximum Gasteiger partial charge on any atom is 0.416 e. The van der Waals surface area contributed by atoms with Gasteiger partial charge in [0, 0.05) is 49.7 Å². The first-order valence-corrected chi connectivity index (χ1v) is 11.8. The second kappa shape index (κ2) is 10.2. The summed E-state index contributed by atoms with van der Waals surface area (Å²) in [7, 11) is 0. The van der Waals surface area contributed by atoms with Gasteiger partial charge in [0.15, 0.2) is 0 Å². The van der Waals surface area contributed by atoms with E-state index in [4.69, 9.17) is 4.74 Å². The van der Waals surface area contributed by atoms with Crippen molar-refractivity contribution in [1.82, 2.24) is 24.3 Å². The molecule has 0 saturated carbocycles. The maximum absolute atomic E-state index is 13.2. The molecule has 3 heterocycles. The number of alkyl halides is 3. The molecule has 0 N–H and O–H groups in total. The highest BCUT2D eigenvalue weighted by Gasteiger charge is 2.31. The summed E-state index contributed by atoms with van der Waals surface area (Å²) in [6.45, 7) is 6.83. The number of amides is 2. The predicted octanol–water partition coefficient (Wildman–Crippen LogP) is 4.71. The number of benzene rings is 1. The van der Waals surface area contributed by atoms with Crippen LogP contribution in [0.2, 0.25) is 0 Å². The SMILES string of the molecule is CC(C)(C)OC(=O)N1CCN(C(=O)Cn2cnc(-c3ccc(C(F)(F)F)cc3)c2-c2ccncc2)CC1. The van der Waals surface area contributed by atoms with Crippen LogP contribution in [0.1, 0.15) is 26.3 Å². The lowest BCUT2D eigenvalue weighted by atomic mass is 10.0. The van der Waals surface area contributed by atoms with E-state index in [9.17, 15) is 22.8 Å². The number of carbonyl (C=O) groups is 2. The molecule has 11 heteroatoms. The molecule has 196 valence electrons. The van der Waals surface area contributed by atoms with E-state index in [1.54, 1.807) is 59.7 Å². The van der Waals surface area contributed by atoms with E-state index in [0.29, 0.717) is 43.1 Å². The number of nitrogens with zero attached hydrogens (tertiary/aromatic N) is 5. The van der Waals surface area contributed by atoms with Crippen LogP contribution in [0.3, 0.4) is 0 Å². The number of imidazole rings is 1. The van der Waals surface area contributed by atoms with Crippen LogP contribution in [0.25, 0.3) is 22.5 Å². The van der Waals surface area contributed by atoms with Gasteiger partial charge in [-0.25, -0.2) is 9.78 Å². The molecule has 4 rings (SSSR count). The molecule has 3 aromatic rings. The Labute approximate surface area is 212 Å². The highest BCUT2D eigenvalue weighted by atomic mass is 19.4. The third-order valence-electron chi connectivity index (χ3n) is 5.87. The van der Waals surface area contributed by atoms with Crippen LogP contribution in [0.4, 0.5) is 18.0 Å². The van der Waals surface area contributed by atoms with Gasteiger partial charge in [-0.3, -0.25) is 9.78 Å². The second-order valence-electron chi connectivity index (χ2n) is 9.73. The van der Waals surface area contributed by atoms with E-state index in [2.05, 4.69) is 9.97 Å². The zero-order valence-electron chi connectivity index (χ0n) is 20.8. The molecular weight excluding hydrogens is 487 g/mol. The van der Waals surface area contributed by atoms with Gasteiger partial charge in [0.05, 0.1) is 23.3 Å². The number of aromatic nitrogens is 3. The molecule has 0 unspecified atom stereocenters. The lowest BCUT2D eigenvalue weighted by Crippen LogP contribution is -2.52. The van der Waals surface area contributed by atoms with Crippen LogP contribution in [0, 0.1) is 0 Å². The molecule has 37 heavy (non-hydrogen) atoms. The number of halogens is 3. The van der Waals surface area contributed by atoms with Crippen LogP contribution in [0.5, 0.6) is 0 Å². The average molecular weight is 516 g/mol. The van der Waals surface area contributed by atoms with Gasteiger partial charge in [0.2, 0.25) is 5.91 Å². The summed E-state index contributed by atoms with van der Waals surface area (Å²) in [5, 5.41) is 0. The molecule has 1 fully saturated rings. The van der Waals surface area contributed by atoms with Gasteiger partial charge in [-0.05, 0) is 45.0 Å². The summed E-state index contributed by atoms with van der Waals surface area (Å²) in [6, 6.07) is 8.28. The lowest BCUT2D eigenvalue weighted by molar-refractivity contribution is -0.137. The fraction of sp³-hybridized carbons (Fsp3) is 0.385. The van der Waals surface area contributed by atoms with Gasteiger partial charge in [0.25, 0.3) is 0 Å². The Morgan fingerprint density at radius 1 is 0.892 bits per heavy atom. The Morgan fingerprint density at radius 2 is 1.49 bits per heavy atom. The quantitative estimate of drug-likeness (QED) is 0.503. The smallest absolute Gasteiger partial charge is 0.416 e. The molecule has 0 atom stereocenters. The molecule has 2 aromatic heterocycles. The van der Waals surface area contributed by atoms with Crippen molar-refractivity contribution in [1.29, 1.82) is 0 Å². The highest BCUT2D eigenvalue weighted by Crippen LogP contribution is 2.34. The van der Waals surface area contributed by atoms with E-state index in [1.165, 1.54) is 18.5 Å². The number of hydrogen-bond donors (Lipinski definition) is 0. The van der Waals surface area contributed by atoms with Gasteiger partial charge < -0.3 is 19.1 Å². The summed E-state index contributed by atoms with van der Waals surface area (Å²) in [5.74, 6) is -0.157. The molecule has 1 saturated heterocycles. The van der Waals surface area contributed by atoms with E-state index in [-0.39, 0.29) is 12.5 Å². The Balaban J connectivity index is 1.53. The van der Waals surface area contributed by atoms with E-state index in [0.717, 1.165) is 17.7 Å². The zero-order valence-corrected chi connectivity index (χ0v) is 20.8. The summed E-state index contributed by atoms with van der Waals surface area (Å²) >= 11 is 0. The monoisotopic (exact) mass is 515 g/mol. The standard InChI is InChI=1S/C26H28F3N5O3/c1-25(2,3)37-24(36)33-14-12-32(13-15-33)21(35)16-34-17-31-22(23(34)19-8-10-30-11-9-19)18-4-6-20(7-5-18)26(27,28)29/h4-11,17H,12-16H2,1-3H3. The van der Waals surface area contributed by atoms with E-state index < -0.39 is 23.4 Å². The molecule has 0 radical (unpaired) electrons. The summed E-state index contributed by atoms with van der Waals surface area (Å²) in [5.41, 5.74) is 0.939. The minimum Gasteiger partial charge on any atom is -0.444 e. The number of pyridine rings is 1. The molecule has 0 spiro atoms. The maximum atomic E-state index is 13.2. The Kier molecular flexibility index (Phi) is 7.24. The summed E-state index contributed by atoms with van der Waals surface area (Å²) in [6.07, 6.45) is -0.138.